The van der Waals surface area contributed by atoms with Crippen LogP contribution in [0.5, 0.6) is 0 Å². The fraction of sp³-hybridized carbons (Fsp3) is 0. The van der Waals surface area contributed by atoms with Gasteiger partial charge in [-0.1, -0.05) is 60.1 Å². The Kier molecular flexibility index (Phi) is 8.98. The number of nitrogens with zero attached hydrogens (tertiary/aromatic N) is 2. The van der Waals surface area contributed by atoms with E-state index in [0.717, 1.165) is 41.8 Å². The van der Waals surface area contributed by atoms with Gasteiger partial charge < -0.3 is 4.98 Å². The third-order valence-corrected chi connectivity index (χ3v) is 11.0. The van der Waals surface area contributed by atoms with Crippen LogP contribution in [0.15, 0.2) is 107 Å². The number of aromatic nitrogens is 4. The van der Waals surface area contributed by atoms with Crippen LogP contribution in [0, 0.1) is 0 Å². The van der Waals surface area contributed by atoms with E-state index in [9.17, 15) is 14.2 Å². The highest BCUT2D eigenvalue weighted by Gasteiger charge is 2.15. The Labute approximate surface area is 319 Å². The zero-order chi connectivity index (χ0) is 35.6. The van der Waals surface area contributed by atoms with E-state index in [2.05, 4.69) is 120 Å². The second kappa shape index (κ2) is 13.3. The van der Waals surface area contributed by atoms with Crippen LogP contribution in [0.25, 0.3) is 83.7 Å². The monoisotopic (exact) mass is 824 g/mol. The maximum atomic E-state index is 12.0. The maximum absolute atomic E-state index is 12.0. The molecular weight excluding hydrogens is 809 g/mol. The van der Waals surface area contributed by atoms with Crippen molar-refractivity contribution in [2.75, 3.05) is 0 Å². The molecule has 0 bridgehead atoms. The van der Waals surface area contributed by atoms with E-state index in [1.165, 1.54) is 30.9 Å². The first-order chi connectivity index (χ1) is 24.4. The molecule has 0 aliphatic carbocycles. The first-order valence-electron chi connectivity index (χ1n) is 15.0. The van der Waals surface area contributed by atoms with E-state index in [0.29, 0.717) is 16.1 Å². The Morgan fingerprint density at radius 2 is 1.06 bits per heavy atom. The van der Waals surface area contributed by atoms with Crippen LogP contribution in [0.2, 0.25) is 10.4 Å². The standard InChI is InChI=1S/C18H8Cl2N2S.C18H10N2O2S.Cl3OP/c19-17-11-5-6-13-15(16(11)21-18(20)22-17)12-7-9-3-1-2-4-10(9)8-14(12)23-13;21-17-11-5-6-13-15(16(11)19-18(22)20-17)12-7-9-3-1-2-4-10(9)8-14(12)23-13;1-5(2,3)4/h1-8H;1-8H,(H2,19,20,21,22);. The molecule has 0 fully saturated rings. The van der Waals surface area contributed by atoms with Gasteiger partial charge in [-0.2, -0.15) is 0 Å². The molecular formula is C36H18Cl5N4O3PS2. The van der Waals surface area contributed by atoms with Crippen LogP contribution in [0.4, 0.5) is 0 Å². The predicted octanol–water partition coefficient (Wildman–Crippen LogP) is 13.0. The predicted molar refractivity (Wildman–Crippen MR) is 221 cm³/mol. The van der Waals surface area contributed by atoms with E-state index in [-0.39, 0.29) is 10.8 Å². The molecule has 51 heavy (non-hydrogen) atoms. The second-order valence-corrected chi connectivity index (χ2v) is 20.9. The zero-order valence-corrected chi connectivity index (χ0v) is 31.8. The van der Waals surface area contributed by atoms with E-state index < -0.39 is 10.9 Å². The Bertz CT molecular complexity index is 3200. The highest BCUT2D eigenvalue weighted by molar-refractivity contribution is 8.24. The summed E-state index contributed by atoms with van der Waals surface area (Å²) in [5.74, 6) is 0. The van der Waals surface area contributed by atoms with Crippen LogP contribution in [-0.2, 0) is 4.57 Å². The fourth-order valence-electron chi connectivity index (χ4n) is 6.26. The molecule has 0 unspecified atom stereocenters. The summed E-state index contributed by atoms with van der Waals surface area (Å²) in [6.07, 6.45) is 0. The van der Waals surface area contributed by atoms with Crippen LogP contribution in [-0.4, -0.2) is 19.9 Å². The lowest BCUT2D eigenvalue weighted by molar-refractivity contribution is 0.600. The smallest absolute Gasteiger partial charge is 0.306 e. The number of hydrogen-bond acceptors (Lipinski definition) is 7. The van der Waals surface area contributed by atoms with Gasteiger partial charge in [-0.15, -0.1) is 22.7 Å². The molecule has 4 aromatic heterocycles. The molecule has 4 heterocycles. The molecule has 15 heteroatoms. The Hall–Kier alpha value is -3.76. The molecule has 0 aliphatic heterocycles. The second-order valence-electron chi connectivity index (χ2n) is 11.4. The van der Waals surface area contributed by atoms with Crippen molar-refractivity contribution in [2.24, 2.45) is 0 Å². The van der Waals surface area contributed by atoms with Crippen LogP contribution in [0.1, 0.15) is 0 Å². The fourth-order valence-corrected chi connectivity index (χ4v) is 8.99. The van der Waals surface area contributed by atoms with Gasteiger partial charge >= 0.3 is 10.9 Å². The zero-order valence-electron chi connectivity index (χ0n) is 25.5. The number of benzene rings is 6. The summed E-state index contributed by atoms with van der Waals surface area (Å²) in [5.41, 5.74) is 0.591. The van der Waals surface area contributed by atoms with E-state index >= 15 is 0 Å². The summed E-state index contributed by atoms with van der Waals surface area (Å²) in [6, 6.07) is 33.0. The minimum absolute atomic E-state index is 0.176. The molecule has 10 rings (SSSR count). The van der Waals surface area contributed by atoms with Crippen molar-refractivity contribution >= 4 is 168 Å². The summed E-state index contributed by atoms with van der Waals surface area (Å²) in [6.45, 7) is 0. The van der Waals surface area contributed by atoms with E-state index in [4.69, 9.17) is 23.2 Å². The average molecular weight is 827 g/mol. The molecule has 0 amide bonds. The Morgan fingerprint density at radius 1 is 0.569 bits per heavy atom. The number of thiophene rings is 2. The van der Waals surface area contributed by atoms with Gasteiger partial charge in [0.2, 0.25) is 5.28 Å². The number of hydrogen-bond donors (Lipinski definition) is 2. The highest BCUT2D eigenvalue weighted by Crippen LogP contribution is 2.61. The summed E-state index contributed by atoms with van der Waals surface area (Å²) < 4.78 is 14.1. The molecule has 10 aromatic rings. The van der Waals surface area contributed by atoms with Crippen LogP contribution < -0.4 is 11.2 Å². The molecule has 7 nitrogen and oxygen atoms in total. The molecule has 6 aromatic carbocycles. The number of fused-ring (bicyclic) bond motifs is 12. The topological polar surface area (TPSA) is 109 Å². The van der Waals surface area contributed by atoms with Crippen molar-refractivity contribution in [3.05, 3.63) is 128 Å². The number of halogens is 5. The van der Waals surface area contributed by atoms with Crippen molar-refractivity contribution in [1.29, 1.82) is 0 Å². The molecule has 252 valence electrons. The van der Waals surface area contributed by atoms with Gasteiger partial charge in [-0.3, -0.25) is 14.3 Å². The third-order valence-electron chi connectivity index (χ3n) is 8.31. The minimum atomic E-state index is -3.22. The van der Waals surface area contributed by atoms with Crippen molar-refractivity contribution in [2.45, 2.75) is 0 Å². The van der Waals surface area contributed by atoms with Gasteiger partial charge in [0.05, 0.1) is 16.4 Å². The van der Waals surface area contributed by atoms with Gasteiger partial charge in [0.1, 0.15) is 5.15 Å². The normalized spacial score (nSPS) is 11.9. The van der Waals surface area contributed by atoms with Crippen LogP contribution in [0.3, 0.4) is 0 Å². The Morgan fingerprint density at radius 3 is 1.63 bits per heavy atom. The highest BCUT2D eigenvalue weighted by atomic mass is 36.0. The lowest BCUT2D eigenvalue weighted by Crippen LogP contribution is -2.21. The van der Waals surface area contributed by atoms with Crippen molar-refractivity contribution in [3.8, 4) is 0 Å². The number of nitrogens with one attached hydrogen (secondary N) is 2. The van der Waals surface area contributed by atoms with Gasteiger partial charge in [0.25, 0.3) is 5.56 Å². The largest absolute Gasteiger partial charge is 0.339 e. The summed E-state index contributed by atoms with van der Waals surface area (Å²) >= 11 is 29.6. The Balaban J connectivity index is 0.000000130. The minimum Gasteiger partial charge on any atom is -0.306 e. The number of H-pyrrole nitrogens is 2. The molecule has 0 saturated carbocycles. The lowest BCUT2D eigenvalue weighted by atomic mass is 10.0. The first kappa shape index (κ1) is 34.3. The third kappa shape index (κ3) is 6.70. The summed E-state index contributed by atoms with van der Waals surface area (Å²) in [4.78, 5) is 37.3. The molecule has 0 atom stereocenters. The van der Waals surface area contributed by atoms with Crippen molar-refractivity contribution in [3.63, 3.8) is 0 Å². The quantitative estimate of drug-likeness (QED) is 0.0899. The molecule has 0 saturated heterocycles. The number of aromatic amines is 2. The molecule has 0 aliphatic rings. The van der Waals surface area contributed by atoms with Gasteiger partial charge in [0, 0.05) is 45.7 Å². The maximum Gasteiger partial charge on any atom is 0.339 e. The number of rotatable bonds is 0. The van der Waals surface area contributed by atoms with Gasteiger partial charge in [0.15, 0.2) is 0 Å². The molecule has 2 N–H and O–H groups in total. The van der Waals surface area contributed by atoms with E-state index in [1.807, 2.05) is 24.3 Å². The van der Waals surface area contributed by atoms with Crippen LogP contribution >= 0.6 is 84.8 Å². The SMILES string of the molecule is Clc1nc(Cl)c2ccc3sc4cc5ccccc5cc4c3c2n1.O=P(Cl)(Cl)Cl.O=c1[nH]c(=O)c2ccc3sc4cc5ccccc5cc4c3c2[nH]1. The van der Waals surface area contributed by atoms with Crippen molar-refractivity contribution in [1.82, 2.24) is 19.9 Å². The van der Waals surface area contributed by atoms with E-state index in [1.54, 1.807) is 28.7 Å². The summed E-state index contributed by atoms with van der Waals surface area (Å²) in [5, 5.41) is 7.74. The summed E-state index contributed by atoms with van der Waals surface area (Å²) in [7, 11) is 0. The van der Waals surface area contributed by atoms with Gasteiger partial charge in [-0.25, -0.2) is 14.8 Å². The lowest BCUT2D eigenvalue weighted by Gasteiger charge is -2.03. The average Bonchev–Trinajstić information content (AvgIpc) is 3.63. The molecule has 0 radical (unpaired) electrons. The first-order valence-corrected chi connectivity index (χ1v) is 21.8. The van der Waals surface area contributed by atoms with Crippen molar-refractivity contribution < 1.29 is 4.57 Å². The van der Waals surface area contributed by atoms with Gasteiger partial charge in [-0.05, 0) is 115 Å². The molecule has 0 spiro atoms.